The first kappa shape index (κ1) is 10.5. The second-order valence-corrected chi connectivity index (χ2v) is 3.43. The van der Waals surface area contributed by atoms with E-state index >= 15 is 0 Å². The van der Waals surface area contributed by atoms with Gasteiger partial charge < -0.3 is 9.64 Å². The average molecular weight is 184 g/mol. The van der Waals surface area contributed by atoms with Gasteiger partial charge >= 0.3 is 0 Å². The van der Waals surface area contributed by atoms with Crippen molar-refractivity contribution >= 4 is 5.84 Å². The summed E-state index contributed by atoms with van der Waals surface area (Å²) in [6.45, 7) is 6.85. The minimum absolute atomic E-state index is 0.0168. The van der Waals surface area contributed by atoms with Gasteiger partial charge in [0.1, 0.15) is 11.9 Å². The van der Waals surface area contributed by atoms with Crippen molar-refractivity contribution in [1.29, 1.82) is 5.41 Å². The van der Waals surface area contributed by atoms with E-state index in [0.717, 1.165) is 19.5 Å². The molecule has 1 rings (SSSR count). The number of hydrogen-bond acceptors (Lipinski definition) is 2. The third-order valence-electron chi connectivity index (χ3n) is 2.49. The highest BCUT2D eigenvalue weighted by Crippen LogP contribution is 2.12. The van der Waals surface area contributed by atoms with Crippen molar-refractivity contribution in [3.8, 4) is 0 Å². The van der Waals surface area contributed by atoms with Crippen LogP contribution in [0.4, 0.5) is 0 Å². The normalized spacial score (nSPS) is 19.1. The summed E-state index contributed by atoms with van der Waals surface area (Å²) in [5.41, 5.74) is 0. The van der Waals surface area contributed by atoms with Gasteiger partial charge in [-0.3, -0.25) is 5.41 Å². The van der Waals surface area contributed by atoms with E-state index in [-0.39, 0.29) is 6.10 Å². The van der Waals surface area contributed by atoms with Crippen molar-refractivity contribution in [1.82, 2.24) is 4.90 Å². The molecule has 1 atom stereocenters. The number of ether oxygens (including phenoxy) is 1. The van der Waals surface area contributed by atoms with Gasteiger partial charge in [0.05, 0.1) is 0 Å². The summed E-state index contributed by atoms with van der Waals surface area (Å²) in [5, 5.41) is 7.95. The topological polar surface area (TPSA) is 36.3 Å². The van der Waals surface area contributed by atoms with E-state index in [4.69, 9.17) is 10.1 Å². The van der Waals surface area contributed by atoms with Crippen LogP contribution in [-0.4, -0.2) is 36.5 Å². The van der Waals surface area contributed by atoms with Crippen molar-refractivity contribution in [2.45, 2.75) is 39.2 Å². The zero-order valence-electron chi connectivity index (χ0n) is 8.68. The fourth-order valence-corrected chi connectivity index (χ4v) is 1.75. The van der Waals surface area contributed by atoms with Crippen molar-refractivity contribution in [3.63, 3.8) is 0 Å². The summed E-state index contributed by atoms with van der Waals surface area (Å²) in [6.07, 6.45) is 3.38. The fourth-order valence-electron chi connectivity index (χ4n) is 1.75. The molecule has 0 aromatic carbocycles. The van der Waals surface area contributed by atoms with E-state index in [0.29, 0.717) is 12.4 Å². The van der Waals surface area contributed by atoms with Crippen LogP contribution in [0.3, 0.4) is 0 Å². The molecule has 3 heteroatoms. The Balaban J connectivity index is 2.42. The first-order valence-electron chi connectivity index (χ1n) is 5.24. The molecule has 1 saturated heterocycles. The van der Waals surface area contributed by atoms with Crippen LogP contribution in [-0.2, 0) is 4.74 Å². The Morgan fingerprint density at radius 2 is 2.00 bits per heavy atom. The molecule has 0 radical (unpaired) electrons. The van der Waals surface area contributed by atoms with Gasteiger partial charge in [0.15, 0.2) is 0 Å². The third kappa shape index (κ3) is 2.69. The maximum absolute atomic E-state index is 7.95. The van der Waals surface area contributed by atoms with Crippen molar-refractivity contribution in [2.75, 3.05) is 19.7 Å². The molecule has 0 bridgehead atoms. The second-order valence-electron chi connectivity index (χ2n) is 3.43. The molecule has 1 N–H and O–H groups in total. The number of nitrogens with one attached hydrogen (secondary N) is 1. The zero-order chi connectivity index (χ0) is 9.68. The van der Waals surface area contributed by atoms with Crippen LogP contribution in [0.1, 0.15) is 33.1 Å². The van der Waals surface area contributed by atoms with Crippen LogP contribution in [0, 0.1) is 5.41 Å². The van der Waals surface area contributed by atoms with Crippen LogP contribution in [0.15, 0.2) is 0 Å². The molecule has 76 valence electrons. The number of likely N-dealkylation sites (tertiary alicyclic amines) is 1. The number of hydrogen-bond donors (Lipinski definition) is 1. The summed E-state index contributed by atoms with van der Waals surface area (Å²) in [6, 6.07) is 0. The molecular formula is C10H20N2O. The molecule has 3 nitrogen and oxygen atoms in total. The summed E-state index contributed by atoms with van der Waals surface area (Å²) in [7, 11) is 0. The lowest BCUT2D eigenvalue weighted by Crippen LogP contribution is -2.37. The van der Waals surface area contributed by atoms with Crippen molar-refractivity contribution < 1.29 is 4.74 Å². The van der Waals surface area contributed by atoms with E-state index in [9.17, 15) is 0 Å². The average Bonchev–Trinajstić information content (AvgIpc) is 2.65. The molecule has 1 unspecified atom stereocenters. The number of nitrogens with zero attached hydrogens (tertiary/aromatic N) is 1. The predicted octanol–water partition coefficient (Wildman–Crippen LogP) is 1.87. The van der Waals surface area contributed by atoms with Gasteiger partial charge in [0.2, 0.25) is 0 Å². The molecule has 0 aliphatic carbocycles. The summed E-state index contributed by atoms with van der Waals surface area (Å²) >= 11 is 0. The smallest absolute Gasteiger partial charge is 0.126 e. The molecule has 0 amide bonds. The van der Waals surface area contributed by atoms with Crippen LogP contribution in [0.2, 0.25) is 0 Å². The van der Waals surface area contributed by atoms with Gasteiger partial charge in [0, 0.05) is 19.7 Å². The summed E-state index contributed by atoms with van der Waals surface area (Å²) in [4.78, 5) is 2.14. The molecule has 0 aromatic rings. The molecule has 1 aliphatic rings. The maximum Gasteiger partial charge on any atom is 0.126 e. The Kier molecular flexibility index (Phi) is 4.22. The van der Waals surface area contributed by atoms with E-state index in [1.807, 2.05) is 6.92 Å². The van der Waals surface area contributed by atoms with Crippen molar-refractivity contribution in [3.05, 3.63) is 0 Å². The monoisotopic (exact) mass is 184 g/mol. The Labute approximate surface area is 80.6 Å². The van der Waals surface area contributed by atoms with E-state index in [2.05, 4.69) is 11.8 Å². The molecule has 0 spiro atoms. The molecule has 0 aromatic heterocycles. The first-order chi connectivity index (χ1) is 6.29. The van der Waals surface area contributed by atoms with Crippen LogP contribution >= 0.6 is 0 Å². The quantitative estimate of drug-likeness (QED) is 0.535. The van der Waals surface area contributed by atoms with E-state index in [1.165, 1.54) is 12.8 Å². The van der Waals surface area contributed by atoms with Gasteiger partial charge in [-0.15, -0.1) is 0 Å². The largest absolute Gasteiger partial charge is 0.371 e. The van der Waals surface area contributed by atoms with Gasteiger partial charge in [0.25, 0.3) is 0 Å². The lowest BCUT2D eigenvalue weighted by molar-refractivity contribution is 0.0976. The molecule has 13 heavy (non-hydrogen) atoms. The highest BCUT2D eigenvalue weighted by molar-refractivity contribution is 5.83. The summed E-state index contributed by atoms with van der Waals surface area (Å²) in [5.74, 6) is 0.682. The first-order valence-corrected chi connectivity index (χ1v) is 5.24. The van der Waals surface area contributed by atoms with Crippen molar-refractivity contribution in [2.24, 2.45) is 0 Å². The Morgan fingerprint density at radius 1 is 1.38 bits per heavy atom. The van der Waals surface area contributed by atoms with Gasteiger partial charge in [-0.1, -0.05) is 6.92 Å². The van der Waals surface area contributed by atoms with E-state index in [1.54, 1.807) is 0 Å². The molecule has 0 saturated carbocycles. The predicted molar refractivity (Wildman–Crippen MR) is 54.2 cm³/mol. The lowest BCUT2D eigenvalue weighted by atomic mass is 10.2. The van der Waals surface area contributed by atoms with Gasteiger partial charge in [-0.2, -0.15) is 0 Å². The second kappa shape index (κ2) is 5.22. The van der Waals surface area contributed by atoms with Crippen LogP contribution < -0.4 is 0 Å². The lowest BCUT2D eigenvalue weighted by Gasteiger charge is -2.24. The number of amidine groups is 1. The van der Waals surface area contributed by atoms with E-state index < -0.39 is 0 Å². The highest BCUT2D eigenvalue weighted by Gasteiger charge is 2.21. The Morgan fingerprint density at radius 3 is 2.46 bits per heavy atom. The van der Waals surface area contributed by atoms with Crippen LogP contribution in [0.5, 0.6) is 0 Å². The summed E-state index contributed by atoms with van der Waals surface area (Å²) < 4.78 is 5.50. The minimum atomic E-state index is 0.0168. The standard InChI is InChI=1S/C10H20N2O/c1-3-9(13-4-2)10(11)12-7-5-6-8-12/h9,11H,3-8H2,1-2H3. The Hall–Kier alpha value is -0.570. The molecule has 1 fully saturated rings. The molecular weight excluding hydrogens is 164 g/mol. The number of rotatable bonds is 4. The molecule has 1 heterocycles. The zero-order valence-corrected chi connectivity index (χ0v) is 8.68. The fraction of sp³-hybridized carbons (Fsp3) is 0.900. The van der Waals surface area contributed by atoms with Crippen LogP contribution in [0.25, 0.3) is 0 Å². The minimum Gasteiger partial charge on any atom is -0.371 e. The molecule has 1 aliphatic heterocycles. The van der Waals surface area contributed by atoms with Gasteiger partial charge in [-0.05, 0) is 26.2 Å². The maximum atomic E-state index is 7.95. The third-order valence-corrected chi connectivity index (χ3v) is 2.49. The van der Waals surface area contributed by atoms with Gasteiger partial charge in [-0.25, -0.2) is 0 Å². The highest BCUT2D eigenvalue weighted by atomic mass is 16.5. The SMILES string of the molecule is CCOC(CC)C(=N)N1CCCC1. The Bertz CT molecular complexity index is 164.